The highest BCUT2D eigenvalue weighted by molar-refractivity contribution is 5.92. The fourth-order valence-corrected chi connectivity index (χ4v) is 3.17. The van der Waals surface area contributed by atoms with Crippen molar-refractivity contribution >= 4 is 18.3 Å². The number of carbonyl (C=O) groups is 1. The van der Waals surface area contributed by atoms with Crippen LogP contribution >= 0.6 is 12.4 Å². The van der Waals surface area contributed by atoms with Gasteiger partial charge in [-0.15, -0.1) is 12.4 Å². The SMILES string of the molecule is CCc1cc(C(=O)N2C[C@@H](CN)[C@H](c3ccccc3)C2)n[nH]1.Cl. The van der Waals surface area contributed by atoms with Gasteiger partial charge >= 0.3 is 0 Å². The Morgan fingerprint density at radius 3 is 2.70 bits per heavy atom. The number of rotatable bonds is 4. The molecule has 1 fully saturated rings. The number of nitrogens with one attached hydrogen (secondary N) is 1. The number of aromatic amines is 1. The number of hydrogen-bond donors (Lipinski definition) is 2. The lowest BCUT2D eigenvalue weighted by molar-refractivity contribution is 0.0780. The van der Waals surface area contributed by atoms with E-state index in [0.29, 0.717) is 37.2 Å². The highest BCUT2D eigenvalue weighted by Gasteiger charge is 2.36. The summed E-state index contributed by atoms with van der Waals surface area (Å²) in [5.41, 5.74) is 8.67. The van der Waals surface area contributed by atoms with Gasteiger partial charge in [0.1, 0.15) is 5.69 Å². The van der Waals surface area contributed by atoms with Crippen LogP contribution in [0.3, 0.4) is 0 Å². The molecule has 1 amide bonds. The first-order valence-corrected chi connectivity index (χ1v) is 7.81. The Morgan fingerprint density at radius 1 is 1.35 bits per heavy atom. The average Bonchev–Trinajstić information content (AvgIpc) is 3.21. The third-order valence-corrected chi connectivity index (χ3v) is 4.49. The van der Waals surface area contributed by atoms with E-state index in [-0.39, 0.29) is 18.3 Å². The number of H-pyrrole nitrogens is 1. The maximum absolute atomic E-state index is 12.6. The summed E-state index contributed by atoms with van der Waals surface area (Å²) >= 11 is 0. The van der Waals surface area contributed by atoms with E-state index in [1.807, 2.05) is 36.1 Å². The number of carbonyl (C=O) groups excluding carboxylic acids is 1. The Kier molecular flexibility index (Phi) is 5.80. The van der Waals surface area contributed by atoms with E-state index in [9.17, 15) is 4.79 Å². The Bertz CT molecular complexity index is 643. The summed E-state index contributed by atoms with van der Waals surface area (Å²) in [4.78, 5) is 14.5. The van der Waals surface area contributed by atoms with Crippen molar-refractivity contribution in [3.8, 4) is 0 Å². The van der Waals surface area contributed by atoms with Crippen LogP contribution in [-0.4, -0.2) is 40.6 Å². The zero-order valence-corrected chi connectivity index (χ0v) is 14.1. The lowest BCUT2D eigenvalue weighted by Gasteiger charge is -2.16. The number of likely N-dealkylation sites (tertiary alicyclic amines) is 1. The number of amides is 1. The molecule has 1 aliphatic heterocycles. The molecule has 23 heavy (non-hydrogen) atoms. The predicted octanol–water partition coefficient (Wildman–Crippen LogP) is 2.21. The molecule has 5 nitrogen and oxygen atoms in total. The molecule has 1 saturated heterocycles. The van der Waals surface area contributed by atoms with Crippen LogP contribution in [0.4, 0.5) is 0 Å². The number of nitrogens with two attached hydrogens (primary N) is 1. The molecule has 124 valence electrons. The molecule has 1 aliphatic rings. The number of aromatic nitrogens is 2. The lowest BCUT2D eigenvalue weighted by Crippen LogP contribution is -2.30. The number of benzene rings is 1. The van der Waals surface area contributed by atoms with Crippen molar-refractivity contribution in [1.82, 2.24) is 15.1 Å². The molecule has 1 aromatic carbocycles. The standard InChI is InChI=1S/C17H22N4O.ClH/c1-2-14-8-16(20-19-14)17(22)21-10-13(9-18)15(11-21)12-6-4-3-5-7-12;/h3-8,13,15H,2,9-11,18H2,1H3,(H,19,20);1H/t13-,15+;/m1./s1. The molecule has 0 bridgehead atoms. The minimum atomic E-state index is -0.00664. The van der Waals surface area contributed by atoms with Crippen molar-refractivity contribution in [3.05, 3.63) is 53.3 Å². The van der Waals surface area contributed by atoms with Crippen LogP contribution in [-0.2, 0) is 6.42 Å². The van der Waals surface area contributed by atoms with E-state index in [1.54, 1.807) is 0 Å². The van der Waals surface area contributed by atoms with Crippen LogP contribution in [0, 0.1) is 5.92 Å². The van der Waals surface area contributed by atoms with Crippen LogP contribution in [0.15, 0.2) is 36.4 Å². The average molecular weight is 335 g/mol. The summed E-state index contributed by atoms with van der Waals surface area (Å²) in [6, 6.07) is 12.2. The van der Waals surface area contributed by atoms with Crippen molar-refractivity contribution in [3.63, 3.8) is 0 Å². The molecule has 0 spiro atoms. The molecule has 0 aliphatic carbocycles. The van der Waals surface area contributed by atoms with Gasteiger partial charge in [-0.05, 0) is 30.5 Å². The van der Waals surface area contributed by atoms with E-state index in [2.05, 4.69) is 22.3 Å². The minimum absolute atomic E-state index is 0. The van der Waals surface area contributed by atoms with Crippen molar-refractivity contribution in [2.75, 3.05) is 19.6 Å². The minimum Gasteiger partial charge on any atom is -0.336 e. The zero-order valence-electron chi connectivity index (χ0n) is 13.2. The third kappa shape index (κ3) is 3.57. The molecule has 0 saturated carbocycles. The highest BCUT2D eigenvalue weighted by atomic mass is 35.5. The van der Waals surface area contributed by atoms with Crippen LogP contribution < -0.4 is 5.73 Å². The van der Waals surface area contributed by atoms with Gasteiger partial charge in [0.15, 0.2) is 0 Å². The van der Waals surface area contributed by atoms with Gasteiger partial charge in [0.05, 0.1) is 0 Å². The van der Waals surface area contributed by atoms with Gasteiger partial charge in [0.25, 0.3) is 5.91 Å². The molecular weight excluding hydrogens is 312 g/mol. The van der Waals surface area contributed by atoms with Crippen molar-refractivity contribution < 1.29 is 4.79 Å². The van der Waals surface area contributed by atoms with Gasteiger partial charge in [0.2, 0.25) is 0 Å². The van der Waals surface area contributed by atoms with Crippen molar-refractivity contribution in [2.45, 2.75) is 19.3 Å². The molecule has 0 unspecified atom stereocenters. The molecule has 0 radical (unpaired) electrons. The van der Waals surface area contributed by atoms with Gasteiger partial charge < -0.3 is 10.6 Å². The monoisotopic (exact) mass is 334 g/mol. The van der Waals surface area contributed by atoms with Crippen LogP contribution in [0.5, 0.6) is 0 Å². The third-order valence-electron chi connectivity index (χ3n) is 4.49. The van der Waals surface area contributed by atoms with Gasteiger partial charge in [-0.2, -0.15) is 5.10 Å². The first-order chi connectivity index (χ1) is 10.7. The predicted molar refractivity (Wildman–Crippen MR) is 92.8 cm³/mol. The smallest absolute Gasteiger partial charge is 0.274 e. The summed E-state index contributed by atoms with van der Waals surface area (Å²) < 4.78 is 0. The number of aryl methyl sites for hydroxylation is 1. The first-order valence-electron chi connectivity index (χ1n) is 7.81. The van der Waals surface area contributed by atoms with E-state index >= 15 is 0 Å². The van der Waals surface area contributed by atoms with Gasteiger partial charge in [-0.25, -0.2) is 0 Å². The summed E-state index contributed by atoms with van der Waals surface area (Å²) in [6.07, 6.45) is 0.846. The second-order valence-electron chi connectivity index (χ2n) is 5.86. The second kappa shape index (κ2) is 7.62. The fraction of sp³-hybridized carbons (Fsp3) is 0.412. The summed E-state index contributed by atoms with van der Waals surface area (Å²) in [5, 5.41) is 7.04. The quantitative estimate of drug-likeness (QED) is 0.900. The largest absolute Gasteiger partial charge is 0.336 e. The molecule has 2 atom stereocenters. The maximum atomic E-state index is 12.6. The normalized spacial score (nSPS) is 20.3. The van der Waals surface area contributed by atoms with E-state index in [1.165, 1.54) is 5.56 Å². The van der Waals surface area contributed by atoms with Crippen molar-refractivity contribution in [2.24, 2.45) is 11.7 Å². The number of halogens is 1. The van der Waals surface area contributed by atoms with Crippen LogP contribution in [0.25, 0.3) is 0 Å². The lowest BCUT2D eigenvalue weighted by atomic mass is 9.89. The first kappa shape index (κ1) is 17.5. The van der Waals surface area contributed by atoms with E-state index in [0.717, 1.165) is 12.1 Å². The van der Waals surface area contributed by atoms with Gasteiger partial charge in [-0.3, -0.25) is 9.89 Å². The summed E-state index contributed by atoms with van der Waals surface area (Å²) in [7, 11) is 0. The highest BCUT2D eigenvalue weighted by Crippen LogP contribution is 2.32. The van der Waals surface area contributed by atoms with E-state index < -0.39 is 0 Å². The number of nitrogens with zero attached hydrogens (tertiary/aromatic N) is 2. The zero-order chi connectivity index (χ0) is 15.5. The summed E-state index contributed by atoms with van der Waals surface area (Å²) in [5.74, 6) is 0.600. The molecule has 6 heteroatoms. The Hall–Kier alpha value is -1.85. The Morgan fingerprint density at radius 2 is 2.09 bits per heavy atom. The topological polar surface area (TPSA) is 75.0 Å². The second-order valence-corrected chi connectivity index (χ2v) is 5.86. The van der Waals surface area contributed by atoms with Crippen LogP contribution in [0.1, 0.15) is 34.6 Å². The maximum Gasteiger partial charge on any atom is 0.274 e. The Labute approximate surface area is 142 Å². The van der Waals surface area contributed by atoms with Crippen molar-refractivity contribution in [1.29, 1.82) is 0 Å². The molecule has 2 aromatic rings. The molecule has 3 rings (SSSR count). The van der Waals surface area contributed by atoms with Crippen LogP contribution in [0.2, 0.25) is 0 Å². The molecule has 2 heterocycles. The molecule has 1 aromatic heterocycles. The van der Waals surface area contributed by atoms with Gasteiger partial charge in [0, 0.05) is 24.7 Å². The molecule has 3 N–H and O–H groups in total. The number of hydrogen-bond acceptors (Lipinski definition) is 3. The Balaban J connectivity index is 0.00000192. The molecular formula is C17H23ClN4O. The van der Waals surface area contributed by atoms with E-state index in [4.69, 9.17) is 5.73 Å². The fourth-order valence-electron chi connectivity index (χ4n) is 3.17. The summed E-state index contributed by atoms with van der Waals surface area (Å²) in [6.45, 7) is 4.03. The van der Waals surface area contributed by atoms with Gasteiger partial charge in [-0.1, -0.05) is 37.3 Å².